The van der Waals surface area contributed by atoms with E-state index >= 15 is 0 Å². The minimum Gasteiger partial charge on any atom is -0.306 e. The second-order valence-corrected chi connectivity index (χ2v) is 6.88. The number of fused-ring (bicyclic) bond motifs is 1. The minimum atomic E-state index is -0.0479. The SMILES string of the molecule is CN(C)C1CCC2CC21C1=CC(Cl)C(Cl)C=C1. The summed E-state index contributed by atoms with van der Waals surface area (Å²) in [6.07, 6.45) is 10.5. The molecule has 0 saturated heterocycles. The predicted octanol–water partition coefficient (Wildman–Crippen LogP) is 3.43. The summed E-state index contributed by atoms with van der Waals surface area (Å²) in [6.45, 7) is 0. The van der Waals surface area contributed by atoms with E-state index in [9.17, 15) is 0 Å². The van der Waals surface area contributed by atoms with Gasteiger partial charge < -0.3 is 4.90 Å². The first-order valence-corrected chi connectivity index (χ1v) is 7.28. The molecule has 0 radical (unpaired) electrons. The van der Waals surface area contributed by atoms with Crippen LogP contribution in [-0.2, 0) is 0 Å². The highest BCUT2D eigenvalue weighted by Crippen LogP contribution is 2.69. The quantitative estimate of drug-likeness (QED) is 0.696. The average molecular weight is 272 g/mol. The molecule has 5 unspecified atom stereocenters. The van der Waals surface area contributed by atoms with Crippen LogP contribution in [0.1, 0.15) is 19.3 Å². The summed E-state index contributed by atoms with van der Waals surface area (Å²) in [5, 5.41) is -0.0936. The van der Waals surface area contributed by atoms with Crippen LogP contribution >= 0.6 is 23.2 Å². The number of hydrogen-bond donors (Lipinski definition) is 0. The molecule has 0 aliphatic heterocycles. The van der Waals surface area contributed by atoms with Gasteiger partial charge in [-0.1, -0.05) is 18.2 Å². The fraction of sp³-hybridized carbons (Fsp3) is 0.714. The molecule has 0 bridgehead atoms. The maximum Gasteiger partial charge on any atom is 0.0721 e. The molecule has 0 spiro atoms. The molecule has 0 aromatic carbocycles. The Morgan fingerprint density at radius 3 is 2.59 bits per heavy atom. The number of nitrogens with zero attached hydrogens (tertiary/aromatic N) is 1. The van der Waals surface area contributed by atoms with Crippen LogP contribution in [0.3, 0.4) is 0 Å². The van der Waals surface area contributed by atoms with Crippen molar-refractivity contribution in [2.45, 2.75) is 36.1 Å². The van der Waals surface area contributed by atoms with E-state index in [2.05, 4.69) is 37.2 Å². The Labute approximate surface area is 113 Å². The van der Waals surface area contributed by atoms with Crippen molar-refractivity contribution in [1.29, 1.82) is 0 Å². The summed E-state index contributed by atoms with van der Waals surface area (Å²) in [4.78, 5) is 2.39. The summed E-state index contributed by atoms with van der Waals surface area (Å²) >= 11 is 12.4. The molecule has 3 rings (SSSR count). The van der Waals surface area contributed by atoms with Gasteiger partial charge in [-0.2, -0.15) is 0 Å². The Morgan fingerprint density at radius 1 is 1.24 bits per heavy atom. The zero-order valence-corrected chi connectivity index (χ0v) is 11.9. The van der Waals surface area contributed by atoms with Crippen molar-refractivity contribution in [3.8, 4) is 0 Å². The first kappa shape index (κ1) is 12.1. The van der Waals surface area contributed by atoms with Crippen LogP contribution in [0.4, 0.5) is 0 Å². The van der Waals surface area contributed by atoms with Crippen LogP contribution in [0.5, 0.6) is 0 Å². The lowest BCUT2D eigenvalue weighted by atomic mass is 9.85. The van der Waals surface area contributed by atoms with Crippen LogP contribution in [0, 0.1) is 11.3 Å². The summed E-state index contributed by atoms with van der Waals surface area (Å²) in [5.41, 5.74) is 1.83. The third-order valence-electron chi connectivity index (χ3n) is 4.80. The van der Waals surface area contributed by atoms with Crippen molar-refractivity contribution in [2.24, 2.45) is 11.3 Å². The third kappa shape index (κ3) is 1.70. The van der Waals surface area contributed by atoms with E-state index in [1.165, 1.54) is 24.8 Å². The van der Waals surface area contributed by atoms with Crippen LogP contribution in [0.2, 0.25) is 0 Å². The molecule has 5 atom stereocenters. The molecule has 0 N–H and O–H groups in total. The second kappa shape index (κ2) is 4.01. The topological polar surface area (TPSA) is 3.24 Å². The number of allylic oxidation sites excluding steroid dienone is 3. The molecule has 94 valence electrons. The van der Waals surface area contributed by atoms with E-state index in [0.717, 1.165) is 5.92 Å². The van der Waals surface area contributed by atoms with Gasteiger partial charge in [0.25, 0.3) is 0 Å². The lowest BCUT2D eigenvalue weighted by molar-refractivity contribution is 0.229. The molecular weight excluding hydrogens is 253 g/mol. The summed E-state index contributed by atoms with van der Waals surface area (Å²) in [5.74, 6) is 0.876. The van der Waals surface area contributed by atoms with E-state index in [4.69, 9.17) is 23.2 Å². The van der Waals surface area contributed by atoms with Crippen LogP contribution in [-0.4, -0.2) is 35.8 Å². The maximum absolute atomic E-state index is 6.27. The normalized spacial score (nSPS) is 48.2. The number of alkyl halides is 2. The first-order chi connectivity index (χ1) is 8.05. The molecule has 1 nitrogen and oxygen atoms in total. The lowest BCUT2D eigenvalue weighted by Crippen LogP contribution is -2.36. The molecule has 0 aromatic heterocycles. The lowest BCUT2D eigenvalue weighted by Gasteiger charge is -2.32. The van der Waals surface area contributed by atoms with Gasteiger partial charge in [0.05, 0.1) is 10.8 Å². The minimum absolute atomic E-state index is 0.0456. The standard InChI is InChI=1S/C14H19Cl2N/c1-17(2)13-6-4-10-8-14(10,13)9-3-5-11(15)12(16)7-9/h3,5,7,10-13H,4,6,8H2,1-2H3. The summed E-state index contributed by atoms with van der Waals surface area (Å²) in [7, 11) is 4.39. The highest BCUT2D eigenvalue weighted by atomic mass is 35.5. The van der Waals surface area contributed by atoms with Crippen molar-refractivity contribution >= 4 is 23.2 Å². The zero-order valence-electron chi connectivity index (χ0n) is 10.4. The largest absolute Gasteiger partial charge is 0.306 e. The van der Waals surface area contributed by atoms with E-state index in [1.54, 1.807) is 0 Å². The Hall–Kier alpha value is 0.0200. The van der Waals surface area contributed by atoms with Crippen molar-refractivity contribution in [2.75, 3.05) is 14.1 Å². The van der Waals surface area contributed by atoms with Crippen molar-refractivity contribution in [3.05, 3.63) is 23.8 Å². The van der Waals surface area contributed by atoms with Crippen LogP contribution < -0.4 is 0 Å². The second-order valence-electron chi connectivity index (χ2n) is 5.87. The monoisotopic (exact) mass is 271 g/mol. The molecule has 17 heavy (non-hydrogen) atoms. The predicted molar refractivity (Wildman–Crippen MR) is 73.8 cm³/mol. The molecule has 0 heterocycles. The first-order valence-electron chi connectivity index (χ1n) is 6.41. The fourth-order valence-electron chi connectivity index (χ4n) is 3.93. The van der Waals surface area contributed by atoms with Gasteiger partial charge in [-0.15, -0.1) is 23.2 Å². The van der Waals surface area contributed by atoms with E-state index < -0.39 is 0 Å². The molecule has 3 aliphatic rings. The maximum atomic E-state index is 6.27. The number of rotatable bonds is 2. The van der Waals surface area contributed by atoms with E-state index in [0.29, 0.717) is 11.5 Å². The molecule has 2 fully saturated rings. The van der Waals surface area contributed by atoms with Crippen molar-refractivity contribution < 1.29 is 0 Å². The van der Waals surface area contributed by atoms with Crippen molar-refractivity contribution in [1.82, 2.24) is 4.90 Å². The molecular formula is C14H19Cl2N. The van der Waals surface area contributed by atoms with Gasteiger partial charge in [0.2, 0.25) is 0 Å². The van der Waals surface area contributed by atoms with E-state index in [1.807, 2.05) is 0 Å². The van der Waals surface area contributed by atoms with E-state index in [-0.39, 0.29) is 10.8 Å². The Kier molecular flexibility index (Phi) is 2.85. The van der Waals surface area contributed by atoms with Gasteiger partial charge in [-0.25, -0.2) is 0 Å². The van der Waals surface area contributed by atoms with Gasteiger partial charge in [0, 0.05) is 11.5 Å². The van der Waals surface area contributed by atoms with Gasteiger partial charge in [0.1, 0.15) is 0 Å². The third-order valence-corrected chi connectivity index (χ3v) is 5.74. The number of halogens is 2. The zero-order chi connectivity index (χ0) is 12.2. The van der Waals surface area contributed by atoms with Crippen LogP contribution in [0.25, 0.3) is 0 Å². The Bertz CT molecular complexity index is 388. The molecule has 0 aromatic rings. The molecule has 0 amide bonds. The molecule has 3 heteroatoms. The molecule has 2 saturated carbocycles. The number of hydrogen-bond acceptors (Lipinski definition) is 1. The Morgan fingerprint density at radius 2 is 2.00 bits per heavy atom. The van der Waals surface area contributed by atoms with Crippen LogP contribution in [0.15, 0.2) is 23.8 Å². The van der Waals surface area contributed by atoms with Gasteiger partial charge in [-0.3, -0.25) is 0 Å². The fourth-order valence-corrected chi connectivity index (χ4v) is 4.29. The van der Waals surface area contributed by atoms with Crippen molar-refractivity contribution in [3.63, 3.8) is 0 Å². The molecule has 3 aliphatic carbocycles. The van der Waals surface area contributed by atoms with Gasteiger partial charge >= 0.3 is 0 Å². The summed E-state index contributed by atoms with van der Waals surface area (Å²) < 4.78 is 0. The highest BCUT2D eigenvalue weighted by molar-refractivity contribution is 6.31. The highest BCUT2D eigenvalue weighted by Gasteiger charge is 2.64. The van der Waals surface area contributed by atoms with Gasteiger partial charge in [0.15, 0.2) is 0 Å². The summed E-state index contributed by atoms with van der Waals surface area (Å²) in [6, 6.07) is 0.680. The Balaban J connectivity index is 1.90. The smallest absolute Gasteiger partial charge is 0.0721 e. The average Bonchev–Trinajstić information content (AvgIpc) is 2.89. The van der Waals surface area contributed by atoms with Gasteiger partial charge in [-0.05, 0) is 44.8 Å².